The Kier molecular flexibility index (Phi) is 4.62. The molecule has 88 valence electrons. The molecular formula is C9H16O6. The van der Waals surface area contributed by atoms with Gasteiger partial charge in [0.25, 0.3) is 0 Å². The standard InChI is InChI=1S/C9H16O6/c10-4-5(11)7(12)9(14)8(13)6-2-1-3-15-6/h5-7,9-12,14H,1-4H2/t5-,6?,7-,9-/m1/s1. The summed E-state index contributed by atoms with van der Waals surface area (Å²) < 4.78 is 5.03. The SMILES string of the molecule is O=C(C1CCCO1)[C@H](O)[C@H](O)[C@H](O)CO. The number of carbonyl (C=O) groups excluding carboxylic acids is 1. The van der Waals surface area contributed by atoms with Gasteiger partial charge in [-0.05, 0) is 12.8 Å². The molecule has 1 rings (SSSR count). The van der Waals surface area contributed by atoms with Crippen molar-refractivity contribution >= 4 is 5.78 Å². The Bertz CT molecular complexity index is 213. The molecule has 6 heteroatoms. The summed E-state index contributed by atoms with van der Waals surface area (Å²) in [6.45, 7) is -0.251. The van der Waals surface area contributed by atoms with Gasteiger partial charge in [0.1, 0.15) is 24.4 Å². The third-order valence-electron chi connectivity index (χ3n) is 2.44. The molecule has 1 unspecified atom stereocenters. The van der Waals surface area contributed by atoms with Crippen LogP contribution in [0.5, 0.6) is 0 Å². The van der Waals surface area contributed by atoms with Crippen LogP contribution in [0.4, 0.5) is 0 Å². The fraction of sp³-hybridized carbons (Fsp3) is 0.889. The number of aliphatic hydroxyl groups is 4. The van der Waals surface area contributed by atoms with Crippen LogP contribution in [0.3, 0.4) is 0 Å². The Labute approximate surface area is 87.1 Å². The summed E-state index contributed by atoms with van der Waals surface area (Å²) in [5.41, 5.74) is 0. The third kappa shape index (κ3) is 2.96. The highest BCUT2D eigenvalue weighted by Gasteiger charge is 2.35. The minimum atomic E-state index is -1.71. The van der Waals surface area contributed by atoms with Crippen molar-refractivity contribution in [3.63, 3.8) is 0 Å². The predicted molar refractivity (Wildman–Crippen MR) is 49.1 cm³/mol. The van der Waals surface area contributed by atoms with Crippen LogP contribution in [-0.4, -0.2) is 63.8 Å². The highest BCUT2D eigenvalue weighted by Crippen LogP contribution is 2.16. The maximum absolute atomic E-state index is 11.5. The first-order chi connectivity index (χ1) is 7.07. The second-order valence-electron chi connectivity index (χ2n) is 3.59. The second kappa shape index (κ2) is 5.53. The molecule has 1 aliphatic heterocycles. The van der Waals surface area contributed by atoms with Crippen molar-refractivity contribution in [2.75, 3.05) is 13.2 Å². The molecule has 0 aromatic heterocycles. The van der Waals surface area contributed by atoms with Crippen LogP contribution in [0.15, 0.2) is 0 Å². The number of hydrogen-bond acceptors (Lipinski definition) is 6. The Balaban J connectivity index is 2.50. The molecule has 1 fully saturated rings. The predicted octanol–water partition coefficient (Wildman–Crippen LogP) is -2.19. The average Bonchev–Trinajstić information content (AvgIpc) is 2.78. The topological polar surface area (TPSA) is 107 Å². The molecule has 0 amide bonds. The zero-order valence-corrected chi connectivity index (χ0v) is 8.24. The van der Waals surface area contributed by atoms with Gasteiger partial charge < -0.3 is 25.2 Å². The van der Waals surface area contributed by atoms with Gasteiger partial charge in [0.2, 0.25) is 0 Å². The third-order valence-corrected chi connectivity index (χ3v) is 2.44. The van der Waals surface area contributed by atoms with Crippen molar-refractivity contribution in [1.82, 2.24) is 0 Å². The zero-order chi connectivity index (χ0) is 11.4. The number of ketones is 1. The lowest BCUT2D eigenvalue weighted by molar-refractivity contribution is -0.148. The van der Waals surface area contributed by atoms with Gasteiger partial charge in [0.15, 0.2) is 5.78 Å². The lowest BCUT2D eigenvalue weighted by atomic mass is 10.00. The number of carbonyl (C=O) groups is 1. The maximum atomic E-state index is 11.5. The van der Waals surface area contributed by atoms with Crippen LogP contribution in [0.2, 0.25) is 0 Å². The molecule has 0 radical (unpaired) electrons. The van der Waals surface area contributed by atoms with Crippen molar-refractivity contribution in [2.24, 2.45) is 0 Å². The maximum Gasteiger partial charge on any atom is 0.192 e. The van der Waals surface area contributed by atoms with Gasteiger partial charge in [-0.1, -0.05) is 0 Å². The Morgan fingerprint density at radius 3 is 2.53 bits per heavy atom. The lowest BCUT2D eigenvalue weighted by Gasteiger charge is -2.22. The number of Topliss-reactive ketones (excluding diaryl/α,β-unsaturated/α-hetero) is 1. The Hall–Kier alpha value is -0.530. The van der Waals surface area contributed by atoms with E-state index in [1.165, 1.54) is 0 Å². The molecule has 15 heavy (non-hydrogen) atoms. The molecule has 0 saturated carbocycles. The van der Waals surface area contributed by atoms with E-state index >= 15 is 0 Å². The van der Waals surface area contributed by atoms with E-state index in [-0.39, 0.29) is 0 Å². The van der Waals surface area contributed by atoms with Crippen molar-refractivity contribution in [3.05, 3.63) is 0 Å². The molecule has 4 atom stereocenters. The quantitative estimate of drug-likeness (QED) is 0.419. The van der Waals surface area contributed by atoms with Gasteiger partial charge in [0.05, 0.1) is 6.61 Å². The minimum Gasteiger partial charge on any atom is -0.394 e. The molecule has 0 spiro atoms. The smallest absolute Gasteiger partial charge is 0.192 e. The van der Waals surface area contributed by atoms with Gasteiger partial charge >= 0.3 is 0 Å². The molecule has 0 aliphatic carbocycles. The van der Waals surface area contributed by atoms with Gasteiger partial charge in [-0.25, -0.2) is 0 Å². The molecule has 1 aliphatic rings. The summed E-state index contributed by atoms with van der Waals surface area (Å²) in [4.78, 5) is 11.5. The first-order valence-electron chi connectivity index (χ1n) is 4.88. The number of rotatable bonds is 5. The van der Waals surface area contributed by atoms with E-state index < -0.39 is 36.8 Å². The molecule has 0 aromatic rings. The summed E-state index contributed by atoms with van der Waals surface area (Å²) in [5, 5.41) is 36.3. The van der Waals surface area contributed by atoms with Crippen molar-refractivity contribution < 1.29 is 30.0 Å². The van der Waals surface area contributed by atoms with Crippen LogP contribution < -0.4 is 0 Å². The van der Waals surface area contributed by atoms with E-state index in [4.69, 9.17) is 14.9 Å². The van der Waals surface area contributed by atoms with Crippen molar-refractivity contribution in [3.8, 4) is 0 Å². The van der Waals surface area contributed by atoms with Gasteiger partial charge in [-0.3, -0.25) is 4.79 Å². The molecule has 0 aromatic carbocycles. The summed E-state index contributed by atoms with van der Waals surface area (Å²) in [7, 11) is 0. The van der Waals surface area contributed by atoms with E-state index in [0.717, 1.165) is 6.42 Å². The first-order valence-corrected chi connectivity index (χ1v) is 4.88. The monoisotopic (exact) mass is 220 g/mol. The second-order valence-corrected chi connectivity index (χ2v) is 3.59. The normalized spacial score (nSPS) is 27.3. The fourth-order valence-corrected chi connectivity index (χ4v) is 1.48. The van der Waals surface area contributed by atoms with Gasteiger partial charge in [-0.2, -0.15) is 0 Å². The van der Waals surface area contributed by atoms with E-state index in [9.17, 15) is 15.0 Å². The summed E-state index contributed by atoms with van der Waals surface area (Å²) in [6, 6.07) is 0. The molecule has 0 bridgehead atoms. The molecule has 1 saturated heterocycles. The van der Waals surface area contributed by atoms with Crippen LogP contribution >= 0.6 is 0 Å². The highest BCUT2D eigenvalue weighted by atomic mass is 16.5. The number of aliphatic hydroxyl groups excluding tert-OH is 4. The van der Waals surface area contributed by atoms with Crippen LogP contribution in [0.25, 0.3) is 0 Å². The Morgan fingerprint density at radius 2 is 2.07 bits per heavy atom. The number of ether oxygens (including phenoxy) is 1. The molecule has 1 heterocycles. The molecular weight excluding hydrogens is 204 g/mol. The van der Waals surface area contributed by atoms with Crippen molar-refractivity contribution in [1.29, 1.82) is 0 Å². The number of hydrogen-bond donors (Lipinski definition) is 4. The van der Waals surface area contributed by atoms with Gasteiger partial charge in [-0.15, -0.1) is 0 Å². The summed E-state index contributed by atoms with van der Waals surface area (Å²) in [5.74, 6) is -0.646. The highest BCUT2D eigenvalue weighted by molar-refractivity contribution is 5.87. The van der Waals surface area contributed by atoms with E-state index in [1.54, 1.807) is 0 Å². The van der Waals surface area contributed by atoms with E-state index in [1.807, 2.05) is 0 Å². The Morgan fingerprint density at radius 1 is 1.40 bits per heavy atom. The van der Waals surface area contributed by atoms with Crippen LogP contribution in [-0.2, 0) is 9.53 Å². The molecule has 4 N–H and O–H groups in total. The van der Waals surface area contributed by atoms with Crippen LogP contribution in [0, 0.1) is 0 Å². The van der Waals surface area contributed by atoms with Gasteiger partial charge in [0, 0.05) is 6.61 Å². The minimum absolute atomic E-state index is 0.460. The summed E-state index contributed by atoms with van der Waals surface area (Å²) >= 11 is 0. The lowest BCUT2D eigenvalue weighted by Crippen LogP contribution is -2.47. The van der Waals surface area contributed by atoms with Crippen molar-refractivity contribution in [2.45, 2.75) is 37.3 Å². The average molecular weight is 220 g/mol. The van der Waals surface area contributed by atoms with E-state index in [2.05, 4.69) is 0 Å². The molecule has 6 nitrogen and oxygen atoms in total. The largest absolute Gasteiger partial charge is 0.394 e. The van der Waals surface area contributed by atoms with Crippen LogP contribution in [0.1, 0.15) is 12.8 Å². The zero-order valence-electron chi connectivity index (χ0n) is 8.24. The van der Waals surface area contributed by atoms with E-state index in [0.29, 0.717) is 13.0 Å². The first kappa shape index (κ1) is 12.5. The summed E-state index contributed by atoms with van der Waals surface area (Å²) in [6.07, 6.45) is -4.37. The fourth-order valence-electron chi connectivity index (χ4n) is 1.48.